The maximum atomic E-state index is 5.59. The summed E-state index contributed by atoms with van der Waals surface area (Å²) in [5, 5.41) is 3.62. The highest BCUT2D eigenvalue weighted by Gasteiger charge is 2.15. The Hall–Kier alpha value is -0.0800. The van der Waals surface area contributed by atoms with Crippen LogP contribution in [0.15, 0.2) is 0 Å². The minimum absolute atomic E-state index is 0.543. The van der Waals surface area contributed by atoms with Crippen LogP contribution in [0.1, 0.15) is 52.4 Å². The van der Waals surface area contributed by atoms with Crippen LogP contribution in [0.4, 0.5) is 0 Å². The van der Waals surface area contributed by atoms with Crippen molar-refractivity contribution < 1.29 is 4.74 Å². The summed E-state index contributed by atoms with van der Waals surface area (Å²) in [7, 11) is 0. The third-order valence-corrected chi connectivity index (χ3v) is 3.05. The zero-order chi connectivity index (χ0) is 10.2. The zero-order valence-electron chi connectivity index (χ0n) is 9.72. The van der Waals surface area contributed by atoms with E-state index in [1.165, 1.54) is 38.5 Å². The fourth-order valence-corrected chi connectivity index (χ4v) is 2.12. The summed E-state index contributed by atoms with van der Waals surface area (Å²) in [6.45, 7) is 6.63. The quantitative estimate of drug-likeness (QED) is 0.680. The average molecular weight is 199 g/mol. The van der Waals surface area contributed by atoms with Gasteiger partial charge in [0.05, 0.1) is 6.10 Å². The molecule has 0 aromatic rings. The third-order valence-electron chi connectivity index (χ3n) is 3.05. The van der Waals surface area contributed by atoms with Crippen molar-refractivity contribution in [1.82, 2.24) is 5.32 Å². The smallest absolute Gasteiger partial charge is 0.0588 e. The van der Waals surface area contributed by atoms with Gasteiger partial charge in [0.1, 0.15) is 0 Å². The molecule has 0 aliphatic carbocycles. The number of rotatable bonds is 7. The van der Waals surface area contributed by atoms with E-state index in [-0.39, 0.29) is 0 Å². The molecule has 1 saturated heterocycles. The van der Waals surface area contributed by atoms with E-state index in [2.05, 4.69) is 19.2 Å². The lowest BCUT2D eigenvalue weighted by molar-refractivity contribution is 0.103. The lowest BCUT2D eigenvalue weighted by Crippen LogP contribution is -2.30. The van der Waals surface area contributed by atoms with Gasteiger partial charge in [0.15, 0.2) is 0 Å². The summed E-state index contributed by atoms with van der Waals surface area (Å²) in [6, 6.07) is 0.724. The van der Waals surface area contributed by atoms with E-state index < -0.39 is 0 Å². The number of nitrogens with one attached hydrogen (secondary N) is 1. The van der Waals surface area contributed by atoms with Gasteiger partial charge in [-0.2, -0.15) is 0 Å². The first-order valence-corrected chi connectivity index (χ1v) is 6.21. The molecule has 84 valence electrons. The second kappa shape index (κ2) is 7.24. The summed E-state index contributed by atoms with van der Waals surface area (Å²) < 4.78 is 5.59. The van der Waals surface area contributed by atoms with Crippen LogP contribution >= 0.6 is 0 Å². The first kappa shape index (κ1) is 12.0. The molecule has 2 nitrogen and oxygen atoms in total. The van der Waals surface area contributed by atoms with E-state index in [1.54, 1.807) is 0 Å². The number of ether oxygens (including phenoxy) is 1. The van der Waals surface area contributed by atoms with Gasteiger partial charge >= 0.3 is 0 Å². The highest BCUT2D eigenvalue weighted by atomic mass is 16.5. The van der Waals surface area contributed by atoms with Gasteiger partial charge in [-0.15, -0.1) is 0 Å². The topological polar surface area (TPSA) is 21.3 Å². The first-order valence-electron chi connectivity index (χ1n) is 6.21. The van der Waals surface area contributed by atoms with Crippen LogP contribution in [0.3, 0.4) is 0 Å². The molecule has 0 radical (unpaired) electrons. The Morgan fingerprint density at radius 1 is 1.43 bits per heavy atom. The maximum Gasteiger partial charge on any atom is 0.0588 e. The van der Waals surface area contributed by atoms with Crippen molar-refractivity contribution in [3.8, 4) is 0 Å². The molecule has 1 aliphatic heterocycles. The van der Waals surface area contributed by atoms with Gasteiger partial charge < -0.3 is 10.1 Å². The molecule has 14 heavy (non-hydrogen) atoms. The zero-order valence-corrected chi connectivity index (χ0v) is 9.72. The van der Waals surface area contributed by atoms with E-state index >= 15 is 0 Å². The minimum atomic E-state index is 0.543. The second-order valence-electron chi connectivity index (χ2n) is 4.27. The summed E-state index contributed by atoms with van der Waals surface area (Å²) in [6.07, 6.45) is 8.11. The molecule has 0 spiro atoms. The summed E-state index contributed by atoms with van der Waals surface area (Å²) in [4.78, 5) is 0. The van der Waals surface area contributed by atoms with Gasteiger partial charge in [0.25, 0.3) is 0 Å². The summed E-state index contributed by atoms with van der Waals surface area (Å²) in [5.41, 5.74) is 0. The highest BCUT2D eigenvalue weighted by molar-refractivity contribution is 4.69. The molecule has 1 heterocycles. The summed E-state index contributed by atoms with van der Waals surface area (Å²) >= 11 is 0. The van der Waals surface area contributed by atoms with Gasteiger partial charge in [-0.25, -0.2) is 0 Å². The van der Waals surface area contributed by atoms with Crippen LogP contribution in [-0.4, -0.2) is 25.3 Å². The van der Waals surface area contributed by atoms with Crippen LogP contribution < -0.4 is 5.32 Å². The van der Waals surface area contributed by atoms with E-state index in [4.69, 9.17) is 4.74 Å². The Morgan fingerprint density at radius 2 is 2.29 bits per heavy atom. The average Bonchev–Trinajstić information content (AvgIpc) is 2.69. The molecule has 1 aliphatic rings. The van der Waals surface area contributed by atoms with Gasteiger partial charge in [0, 0.05) is 12.6 Å². The lowest BCUT2D eigenvalue weighted by atomic mass is 10.1. The van der Waals surface area contributed by atoms with Crippen molar-refractivity contribution >= 4 is 0 Å². The standard InChI is InChI=1S/C12H25NO/c1-3-6-11(4-2)13-9-8-12-7-5-10-14-12/h11-13H,3-10H2,1-2H3. The van der Waals surface area contributed by atoms with E-state index in [0.717, 1.165) is 19.2 Å². The fourth-order valence-electron chi connectivity index (χ4n) is 2.12. The molecule has 1 rings (SSSR count). The largest absolute Gasteiger partial charge is 0.378 e. The van der Waals surface area contributed by atoms with Crippen LogP contribution in [0.25, 0.3) is 0 Å². The Morgan fingerprint density at radius 3 is 2.86 bits per heavy atom. The van der Waals surface area contributed by atoms with Crippen molar-refractivity contribution in [2.45, 2.75) is 64.5 Å². The van der Waals surface area contributed by atoms with Gasteiger partial charge in [-0.3, -0.25) is 0 Å². The van der Waals surface area contributed by atoms with E-state index in [9.17, 15) is 0 Å². The molecule has 1 fully saturated rings. The van der Waals surface area contributed by atoms with Gasteiger partial charge in [-0.1, -0.05) is 20.3 Å². The summed E-state index contributed by atoms with van der Waals surface area (Å²) in [5.74, 6) is 0. The van der Waals surface area contributed by atoms with Crippen LogP contribution in [0.5, 0.6) is 0 Å². The molecule has 0 saturated carbocycles. The molecule has 2 unspecified atom stereocenters. The lowest BCUT2D eigenvalue weighted by Gasteiger charge is -2.17. The number of hydrogen-bond acceptors (Lipinski definition) is 2. The maximum absolute atomic E-state index is 5.59. The molecular weight excluding hydrogens is 174 g/mol. The first-order chi connectivity index (χ1) is 6.86. The van der Waals surface area contributed by atoms with Crippen LogP contribution in [-0.2, 0) is 4.74 Å². The molecular formula is C12H25NO. The molecule has 2 heteroatoms. The Bertz CT molecular complexity index is 132. The minimum Gasteiger partial charge on any atom is -0.378 e. The normalized spacial score (nSPS) is 24.0. The highest BCUT2D eigenvalue weighted by Crippen LogP contribution is 2.14. The molecule has 0 aromatic heterocycles. The Balaban J connectivity index is 2.00. The van der Waals surface area contributed by atoms with Crippen molar-refractivity contribution in [2.75, 3.05) is 13.2 Å². The molecule has 0 bridgehead atoms. The third kappa shape index (κ3) is 4.43. The van der Waals surface area contributed by atoms with Crippen LogP contribution in [0, 0.1) is 0 Å². The fraction of sp³-hybridized carbons (Fsp3) is 1.00. The number of hydrogen-bond donors (Lipinski definition) is 1. The van der Waals surface area contributed by atoms with Gasteiger partial charge in [0.2, 0.25) is 0 Å². The van der Waals surface area contributed by atoms with Crippen molar-refractivity contribution in [3.63, 3.8) is 0 Å². The SMILES string of the molecule is CCCC(CC)NCCC1CCCO1. The predicted molar refractivity (Wildman–Crippen MR) is 60.6 cm³/mol. The Kier molecular flexibility index (Phi) is 6.20. The Labute approximate surface area is 88.4 Å². The molecule has 1 N–H and O–H groups in total. The molecule has 2 atom stereocenters. The van der Waals surface area contributed by atoms with E-state index in [0.29, 0.717) is 6.10 Å². The van der Waals surface area contributed by atoms with Gasteiger partial charge in [-0.05, 0) is 38.6 Å². The predicted octanol–water partition coefficient (Wildman–Crippen LogP) is 2.72. The van der Waals surface area contributed by atoms with Crippen molar-refractivity contribution in [3.05, 3.63) is 0 Å². The van der Waals surface area contributed by atoms with Crippen molar-refractivity contribution in [2.24, 2.45) is 0 Å². The van der Waals surface area contributed by atoms with E-state index in [1.807, 2.05) is 0 Å². The monoisotopic (exact) mass is 199 g/mol. The van der Waals surface area contributed by atoms with Crippen LogP contribution in [0.2, 0.25) is 0 Å². The second-order valence-corrected chi connectivity index (χ2v) is 4.27. The van der Waals surface area contributed by atoms with Crippen molar-refractivity contribution in [1.29, 1.82) is 0 Å². The molecule has 0 aromatic carbocycles. The molecule has 0 amide bonds.